The normalized spacial score (nSPS) is 11.9. The number of carboxylic acids is 1. The van der Waals surface area contributed by atoms with Crippen LogP contribution in [-0.4, -0.2) is 27.9 Å². The Balaban J connectivity index is 2.08. The van der Waals surface area contributed by atoms with Crippen LogP contribution in [0.1, 0.15) is 10.4 Å². The Morgan fingerprint density at radius 1 is 0.812 bits per heavy atom. The van der Waals surface area contributed by atoms with Crippen molar-refractivity contribution in [1.29, 1.82) is 0 Å². The van der Waals surface area contributed by atoms with Crippen molar-refractivity contribution in [3.8, 4) is 0 Å². The number of sulfonamides is 2. The number of hydrogen-bond acceptors (Lipinski definition) is 6. The summed E-state index contributed by atoms with van der Waals surface area (Å²) in [4.78, 5) is 10.7. The van der Waals surface area contributed by atoms with Crippen molar-refractivity contribution in [3.05, 3.63) is 67.4 Å². The Morgan fingerprint density at radius 3 is 1.88 bits per heavy atom. The van der Waals surface area contributed by atoms with E-state index in [4.69, 9.17) is 46.4 Å². The van der Waals surface area contributed by atoms with Crippen LogP contribution in [0.3, 0.4) is 0 Å². The number of nitrogens with one attached hydrogen (secondary N) is 2. The van der Waals surface area contributed by atoms with Gasteiger partial charge >= 0.3 is 5.97 Å². The molecular weight excluding hydrogens is 566 g/mol. The number of halogens is 4. The van der Waals surface area contributed by atoms with Crippen molar-refractivity contribution in [2.45, 2.75) is 9.10 Å². The lowest BCUT2D eigenvalue weighted by molar-refractivity contribution is 0.0697. The fourth-order valence-corrected chi connectivity index (χ4v) is 6.74. The van der Waals surface area contributed by atoms with Crippen LogP contribution in [0.25, 0.3) is 0 Å². The molecule has 0 saturated carbocycles. The molecule has 15 heteroatoms. The summed E-state index contributed by atoms with van der Waals surface area (Å²) >= 11 is 24.7. The van der Waals surface area contributed by atoms with E-state index >= 15 is 0 Å². The van der Waals surface area contributed by atoms with Gasteiger partial charge in [-0.1, -0.05) is 52.5 Å². The molecule has 0 aliphatic heterocycles. The highest BCUT2D eigenvalue weighted by Crippen LogP contribution is 2.37. The van der Waals surface area contributed by atoms with Crippen molar-refractivity contribution < 1.29 is 26.7 Å². The van der Waals surface area contributed by atoms with Crippen LogP contribution < -0.4 is 9.44 Å². The largest absolute Gasteiger partial charge is 0.478 e. The summed E-state index contributed by atoms with van der Waals surface area (Å²) in [5.74, 6) is -1.47. The maximum atomic E-state index is 13.0. The first-order valence-electron chi connectivity index (χ1n) is 8.12. The third-order valence-electron chi connectivity index (χ3n) is 3.85. The molecule has 1 aromatic heterocycles. The minimum atomic E-state index is -4.52. The lowest BCUT2D eigenvalue weighted by atomic mass is 10.2. The third-order valence-corrected chi connectivity index (χ3v) is 9.48. The first-order valence-corrected chi connectivity index (χ1v) is 13.5. The Morgan fingerprint density at radius 2 is 1.38 bits per heavy atom. The molecule has 0 aliphatic carbocycles. The monoisotopic (exact) mass is 574 g/mol. The molecule has 170 valence electrons. The summed E-state index contributed by atoms with van der Waals surface area (Å²) < 4.78 is 55.5. The third kappa shape index (κ3) is 5.25. The summed E-state index contributed by atoms with van der Waals surface area (Å²) in [5.41, 5.74) is -0.994. The Bertz CT molecular complexity index is 1420. The molecule has 0 amide bonds. The van der Waals surface area contributed by atoms with Crippen molar-refractivity contribution in [1.82, 2.24) is 0 Å². The molecular formula is C17H10Cl4N2O6S3. The van der Waals surface area contributed by atoms with Crippen molar-refractivity contribution in [2.24, 2.45) is 0 Å². The Kier molecular flexibility index (Phi) is 7.20. The fourth-order valence-electron chi connectivity index (χ4n) is 2.43. The van der Waals surface area contributed by atoms with Gasteiger partial charge in [-0.05, 0) is 35.7 Å². The second-order valence-electron chi connectivity index (χ2n) is 6.02. The minimum Gasteiger partial charge on any atom is -0.478 e. The van der Waals surface area contributed by atoms with Crippen LogP contribution in [0.2, 0.25) is 20.1 Å². The van der Waals surface area contributed by atoms with Gasteiger partial charge in [0.2, 0.25) is 0 Å². The molecule has 0 radical (unpaired) electrons. The van der Waals surface area contributed by atoms with Gasteiger partial charge in [0.05, 0.1) is 37.0 Å². The van der Waals surface area contributed by atoms with E-state index in [1.54, 1.807) is 5.38 Å². The van der Waals surface area contributed by atoms with Crippen molar-refractivity contribution >= 4 is 95.1 Å². The summed E-state index contributed by atoms with van der Waals surface area (Å²) in [5, 5.41) is 10.0. The second-order valence-corrected chi connectivity index (χ2v) is 12.2. The van der Waals surface area contributed by atoms with Crippen LogP contribution >= 0.6 is 57.7 Å². The van der Waals surface area contributed by atoms with Gasteiger partial charge in [-0.25, -0.2) is 21.6 Å². The number of hydrogen-bond donors (Lipinski definition) is 3. The zero-order valence-corrected chi connectivity index (χ0v) is 20.7. The predicted molar refractivity (Wildman–Crippen MR) is 126 cm³/mol. The van der Waals surface area contributed by atoms with Crippen LogP contribution in [0.15, 0.2) is 50.9 Å². The van der Waals surface area contributed by atoms with E-state index in [0.717, 1.165) is 35.6 Å². The van der Waals surface area contributed by atoms with Gasteiger partial charge in [-0.15, -0.1) is 11.3 Å². The molecule has 0 atom stereocenters. The number of rotatable bonds is 7. The second kappa shape index (κ2) is 9.26. The van der Waals surface area contributed by atoms with Gasteiger partial charge < -0.3 is 5.11 Å². The topological polar surface area (TPSA) is 130 Å². The molecule has 32 heavy (non-hydrogen) atoms. The average molecular weight is 576 g/mol. The molecule has 0 bridgehead atoms. The summed E-state index contributed by atoms with van der Waals surface area (Å²) in [7, 11) is -8.58. The minimum absolute atomic E-state index is 0.0239. The van der Waals surface area contributed by atoms with Crippen LogP contribution in [0.4, 0.5) is 11.4 Å². The molecule has 3 aromatic rings. The SMILES string of the molecule is O=C(O)c1cc(S(=O)(=O)Nc2cc(Cl)c(Cl)cc2NS(=O)(=O)c2cccs2)c(Cl)cc1Cl. The van der Waals surface area contributed by atoms with Crippen LogP contribution in [0, 0.1) is 0 Å². The number of aromatic carboxylic acids is 1. The molecule has 1 heterocycles. The summed E-state index contributed by atoms with van der Waals surface area (Å²) in [6.45, 7) is 0. The first kappa shape index (κ1) is 24.9. The zero-order chi connectivity index (χ0) is 23.8. The number of carboxylic acid groups (broad SMARTS) is 1. The van der Waals surface area contributed by atoms with E-state index in [1.165, 1.54) is 12.1 Å². The van der Waals surface area contributed by atoms with E-state index in [1.807, 2.05) is 0 Å². The quantitative estimate of drug-likeness (QED) is 0.333. The van der Waals surface area contributed by atoms with Gasteiger partial charge in [0.1, 0.15) is 9.10 Å². The maximum Gasteiger partial charge on any atom is 0.337 e. The zero-order valence-electron chi connectivity index (χ0n) is 15.3. The molecule has 3 N–H and O–H groups in total. The highest BCUT2D eigenvalue weighted by molar-refractivity contribution is 7.94. The Hall–Kier alpha value is -1.73. The van der Waals surface area contributed by atoms with Crippen molar-refractivity contribution in [2.75, 3.05) is 9.44 Å². The number of thiophene rings is 1. The fraction of sp³-hybridized carbons (Fsp3) is 0. The van der Waals surface area contributed by atoms with E-state index < -0.39 is 36.5 Å². The van der Waals surface area contributed by atoms with Crippen molar-refractivity contribution in [3.63, 3.8) is 0 Å². The maximum absolute atomic E-state index is 13.0. The molecule has 0 saturated heterocycles. The lowest BCUT2D eigenvalue weighted by Crippen LogP contribution is -2.18. The molecule has 0 aliphatic rings. The van der Waals surface area contributed by atoms with Gasteiger partial charge in [0.15, 0.2) is 0 Å². The number of benzene rings is 2. The standard InChI is InChI=1S/C17H10Cl4N2O6S3/c18-9-5-12(21)15(4-8(9)17(24)25)31(26,27)22-13-6-10(19)11(20)7-14(13)23-32(28,29)16-2-1-3-30-16/h1-7,22-23H,(H,24,25). The number of carbonyl (C=O) groups is 1. The highest BCUT2D eigenvalue weighted by Gasteiger charge is 2.25. The average Bonchev–Trinajstić information content (AvgIpc) is 3.20. The van der Waals surface area contributed by atoms with E-state index in [-0.39, 0.29) is 35.7 Å². The van der Waals surface area contributed by atoms with Gasteiger partial charge in [0, 0.05) is 0 Å². The van der Waals surface area contributed by atoms with E-state index in [9.17, 15) is 26.7 Å². The molecule has 0 spiro atoms. The van der Waals surface area contributed by atoms with Gasteiger partial charge in [-0.2, -0.15) is 0 Å². The molecule has 8 nitrogen and oxygen atoms in total. The van der Waals surface area contributed by atoms with Crippen LogP contribution in [0.5, 0.6) is 0 Å². The molecule has 0 fully saturated rings. The molecule has 2 aromatic carbocycles. The smallest absolute Gasteiger partial charge is 0.337 e. The van der Waals surface area contributed by atoms with Crippen LogP contribution in [-0.2, 0) is 20.0 Å². The summed E-state index contributed by atoms with van der Waals surface area (Å²) in [6, 6.07) is 6.85. The van der Waals surface area contributed by atoms with E-state index in [2.05, 4.69) is 9.44 Å². The van der Waals surface area contributed by atoms with Gasteiger partial charge in [-0.3, -0.25) is 9.44 Å². The molecule has 3 rings (SSSR count). The van der Waals surface area contributed by atoms with E-state index in [0.29, 0.717) is 0 Å². The van der Waals surface area contributed by atoms with Gasteiger partial charge in [0.25, 0.3) is 20.0 Å². The summed E-state index contributed by atoms with van der Waals surface area (Å²) in [6.07, 6.45) is 0. The Labute approximate surface area is 206 Å². The molecule has 0 unspecified atom stereocenters. The number of anilines is 2. The first-order chi connectivity index (χ1) is 14.8. The predicted octanol–water partition coefficient (Wildman–Crippen LogP) is 5.66. The highest BCUT2D eigenvalue weighted by atomic mass is 35.5. The lowest BCUT2D eigenvalue weighted by Gasteiger charge is -2.16.